The molecule has 2 unspecified atom stereocenters. The fourth-order valence-corrected chi connectivity index (χ4v) is 2.27. The van der Waals surface area contributed by atoms with Crippen LogP contribution in [0.5, 0.6) is 0 Å². The molecule has 2 N–H and O–H groups in total. The third kappa shape index (κ3) is 5.07. The van der Waals surface area contributed by atoms with Crippen LogP contribution < -0.4 is 5.32 Å². The molecule has 0 radical (unpaired) electrons. The molecule has 0 spiro atoms. The molecule has 0 aromatic heterocycles. The third-order valence-electron chi connectivity index (χ3n) is 3.05. The first-order valence-electron chi connectivity index (χ1n) is 6.63. The van der Waals surface area contributed by atoms with E-state index in [0.29, 0.717) is 19.5 Å². The number of nitrogens with zero attached hydrogens (tertiary/aromatic N) is 1. The number of carboxylic acid groups (broad SMARTS) is 1. The number of carbonyl (C=O) groups excluding carboxylic acids is 2. The van der Waals surface area contributed by atoms with Gasteiger partial charge in [0.1, 0.15) is 11.9 Å². The van der Waals surface area contributed by atoms with Gasteiger partial charge in [-0.1, -0.05) is 0 Å². The van der Waals surface area contributed by atoms with Crippen molar-refractivity contribution in [2.24, 2.45) is 5.92 Å². The zero-order chi connectivity index (χ0) is 15.3. The van der Waals surface area contributed by atoms with Crippen molar-refractivity contribution in [1.29, 1.82) is 0 Å². The van der Waals surface area contributed by atoms with E-state index in [1.165, 1.54) is 4.90 Å². The first-order chi connectivity index (χ1) is 9.23. The topological polar surface area (TPSA) is 95.9 Å². The van der Waals surface area contributed by atoms with Gasteiger partial charge in [0.05, 0.1) is 0 Å². The van der Waals surface area contributed by atoms with Gasteiger partial charge in [-0.15, -0.1) is 0 Å². The Kier molecular flexibility index (Phi) is 5.35. The second kappa shape index (κ2) is 6.58. The van der Waals surface area contributed by atoms with E-state index in [-0.39, 0.29) is 18.4 Å². The Bertz CT molecular complexity index is 377. The Morgan fingerprint density at radius 1 is 1.45 bits per heavy atom. The van der Waals surface area contributed by atoms with Crippen molar-refractivity contribution in [1.82, 2.24) is 10.2 Å². The highest BCUT2D eigenvalue weighted by molar-refractivity contribution is 5.68. The fraction of sp³-hybridized carbons (Fsp3) is 0.769. The summed E-state index contributed by atoms with van der Waals surface area (Å²) < 4.78 is 5.11. The van der Waals surface area contributed by atoms with Crippen molar-refractivity contribution < 1.29 is 24.2 Å². The zero-order valence-corrected chi connectivity index (χ0v) is 12.1. The van der Waals surface area contributed by atoms with Crippen LogP contribution in [0.1, 0.15) is 33.6 Å². The Labute approximate surface area is 118 Å². The monoisotopic (exact) mass is 286 g/mol. The molecule has 7 heteroatoms. The lowest BCUT2D eigenvalue weighted by atomic mass is 10.0. The summed E-state index contributed by atoms with van der Waals surface area (Å²) in [5.74, 6) is 0.00330. The van der Waals surface area contributed by atoms with Crippen LogP contribution in [0.25, 0.3) is 0 Å². The Morgan fingerprint density at radius 3 is 2.60 bits per heavy atom. The number of hydrogen-bond acceptors (Lipinski definition) is 4. The highest BCUT2D eigenvalue weighted by atomic mass is 16.6. The van der Waals surface area contributed by atoms with Gasteiger partial charge in [0, 0.05) is 25.6 Å². The molecule has 20 heavy (non-hydrogen) atoms. The quantitative estimate of drug-likeness (QED) is 0.763. The lowest BCUT2D eigenvalue weighted by Crippen LogP contribution is -2.37. The summed E-state index contributed by atoms with van der Waals surface area (Å²) in [4.78, 5) is 34.4. The number of carbonyl (C=O) groups is 3. The highest BCUT2D eigenvalue weighted by Crippen LogP contribution is 2.24. The molecule has 7 nitrogen and oxygen atoms in total. The van der Waals surface area contributed by atoms with Crippen molar-refractivity contribution in [3.63, 3.8) is 0 Å². The summed E-state index contributed by atoms with van der Waals surface area (Å²) >= 11 is 0. The van der Waals surface area contributed by atoms with Crippen LogP contribution >= 0.6 is 0 Å². The highest BCUT2D eigenvalue weighted by Gasteiger charge is 2.35. The molecular weight excluding hydrogens is 264 g/mol. The second-order valence-electron chi connectivity index (χ2n) is 5.98. The van der Waals surface area contributed by atoms with E-state index in [2.05, 4.69) is 5.32 Å². The molecule has 0 bridgehead atoms. The molecule has 0 aromatic rings. The van der Waals surface area contributed by atoms with Crippen LogP contribution in [0.3, 0.4) is 0 Å². The SMILES string of the molecule is CC(C)(C)OC(=O)NCC1CC(CC=O)N(C(=O)O)C1. The lowest BCUT2D eigenvalue weighted by Gasteiger charge is -2.20. The molecule has 0 aromatic carbocycles. The number of ether oxygens (including phenoxy) is 1. The van der Waals surface area contributed by atoms with E-state index < -0.39 is 17.8 Å². The molecule has 0 saturated carbocycles. The van der Waals surface area contributed by atoms with Gasteiger partial charge in [0.15, 0.2) is 0 Å². The molecule has 1 aliphatic rings. The van der Waals surface area contributed by atoms with Gasteiger partial charge in [0.2, 0.25) is 0 Å². The van der Waals surface area contributed by atoms with Crippen LogP contribution in [-0.4, -0.2) is 53.2 Å². The molecule has 1 rings (SSSR count). The number of likely N-dealkylation sites (tertiary alicyclic amines) is 1. The molecule has 1 fully saturated rings. The predicted molar refractivity (Wildman–Crippen MR) is 71.5 cm³/mol. The maximum atomic E-state index is 11.5. The van der Waals surface area contributed by atoms with Gasteiger partial charge in [-0.2, -0.15) is 0 Å². The minimum absolute atomic E-state index is 0.00330. The largest absolute Gasteiger partial charge is 0.465 e. The molecule has 1 saturated heterocycles. The van der Waals surface area contributed by atoms with Crippen LogP contribution in [-0.2, 0) is 9.53 Å². The van der Waals surface area contributed by atoms with E-state index in [4.69, 9.17) is 9.84 Å². The van der Waals surface area contributed by atoms with Gasteiger partial charge >= 0.3 is 12.2 Å². The first-order valence-corrected chi connectivity index (χ1v) is 6.63. The smallest absolute Gasteiger partial charge is 0.407 e. The summed E-state index contributed by atoms with van der Waals surface area (Å²) in [5.41, 5.74) is -0.563. The average Bonchev–Trinajstić information content (AvgIpc) is 2.68. The first kappa shape index (κ1) is 16.3. The fourth-order valence-electron chi connectivity index (χ4n) is 2.27. The number of hydrogen-bond donors (Lipinski definition) is 2. The van der Waals surface area contributed by atoms with Gasteiger partial charge < -0.3 is 24.9 Å². The summed E-state index contributed by atoms with van der Waals surface area (Å²) in [5, 5.41) is 11.7. The minimum Gasteiger partial charge on any atom is -0.465 e. The molecule has 114 valence electrons. The van der Waals surface area contributed by atoms with E-state index >= 15 is 0 Å². The summed E-state index contributed by atoms with van der Waals surface area (Å²) in [6, 6.07) is -0.296. The Morgan fingerprint density at radius 2 is 2.10 bits per heavy atom. The van der Waals surface area contributed by atoms with Gasteiger partial charge in [-0.3, -0.25) is 0 Å². The average molecular weight is 286 g/mol. The number of aldehydes is 1. The normalized spacial score (nSPS) is 22.4. The molecule has 2 amide bonds. The summed E-state index contributed by atoms with van der Waals surface area (Å²) in [7, 11) is 0. The van der Waals surface area contributed by atoms with E-state index in [1.807, 2.05) is 0 Å². The minimum atomic E-state index is -1.03. The van der Waals surface area contributed by atoms with Gasteiger partial charge in [0.25, 0.3) is 0 Å². The number of nitrogens with one attached hydrogen (secondary N) is 1. The lowest BCUT2D eigenvalue weighted by molar-refractivity contribution is -0.108. The maximum Gasteiger partial charge on any atom is 0.407 e. The summed E-state index contributed by atoms with van der Waals surface area (Å²) in [6.45, 7) is 5.98. The van der Waals surface area contributed by atoms with Crippen molar-refractivity contribution in [2.75, 3.05) is 13.1 Å². The van der Waals surface area contributed by atoms with Gasteiger partial charge in [-0.05, 0) is 33.1 Å². The third-order valence-corrected chi connectivity index (χ3v) is 3.05. The maximum absolute atomic E-state index is 11.5. The second-order valence-corrected chi connectivity index (χ2v) is 5.98. The Hall–Kier alpha value is -1.79. The van der Waals surface area contributed by atoms with Crippen LogP contribution in [0.2, 0.25) is 0 Å². The van der Waals surface area contributed by atoms with Crippen LogP contribution in [0.15, 0.2) is 0 Å². The molecule has 1 aliphatic heterocycles. The van der Waals surface area contributed by atoms with Gasteiger partial charge in [-0.25, -0.2) is 9.59 Å². The number of amides is 2. The number of rotatable bonds is 4. The van der Waals surface area contributed by atoms with Crippen molar-refractivity contribution in [2.45, 2.75) is 45.3 Å². The van der Waals surface area contributed by atoms with Crippen molar-refractivity contribution in [3.05, 3.63) is 0 Å². The predicted octanol–water partition coefficient (Wildman–Crippen LogP) is 1.47. The molecule has 1 heterocycles. The van der Waals surface area contributed by atoms with E-state index in [1.54, 1.807) is 20.8 Å². The summed E-state index contributed by atoms with van der Waals surface area (Å²) in [6.07, 6.45) is -0.0600. The number of alkyl carbamates (subject to hydrolysis) is 1. The molecular formula is C13H22N2O5. The van der Waals surface area contributed by atoms with Crippen LogP contribution in [0.4, 0.5) is 9.59 Å². The van der Waals surface area contributed by atoms with Crippen molar-refractivity contribution >= 4 is 18.5 Å². The standard InChI is InChI=1S/C13H22N2O5/c1-13(2,3)20-11(17)14-7-9-6-10(4-5-16)15(8-9)12(18)19/h5,9-10H,4,6-8H2,1-3H3,(H,14,17)(H,18,19). The molecule has 2 atom stereocenters. The van der Waals surface area contributed by atoms with Crippen LogP contribution in [0, 0.1) is 5.92 Å². The van der Waals surface area contributed by atoms with Crippen molar-refractivity contribution in [3.8, 4) is 0 Å². The van der Waals surface area contributed by atoms with E-state index in [9.17, 15) is 14.4 Å². The Balaban J connectivity index is 2.44. The van der Waals surface area contributed by atoms with E-state index in [0.717, 1.165) is 6.29 Å². The molecule has 0 aliphatic carbocycles. The zero-order valence-electron chi connectivity index (χ0n) is 12.1.